The number of phenolic OH excluding ortho intramolecular Hbond substituents is 1. The van der Waals surface area contributed by atoms with Crippen molar-refractivity contribution in [3.63, 3.8) is 0 Å². The second-order valence-electron chi connectivity index (χ2n) is 15.3. The molecule has 0 spiro atoms. The van der Waals surface area contributed by atoms with E-state index in [1.165, 1.54) is 5.57 Å². The summed E-state index contributed by atoms with van der Waals surface area (Å²) in [7, 11) is 0. The molecule has 0 aromatic heterocycles. The first-order chi connectivity index (χ1) is 20.0. The van der Waals surface area contributed by atoms with Crippen molar-refractivity contribution in [1.29, 1.82) is 0 Å². The van der Waals surface area contributed by atoms with Gasteiger partial charge in [-0.3, -0.25) is 4.79 Å². The van der Waals surface area contributed by atoms with Crippen molar-refractivity contribution in [3.8, 4) is 11.5 Å². The summed E-state index contributed by atoms with van der Waals surface area (Å²) >= 11 is 1.91. The van der Waals surface area contributed by atoms with E-state index in [0.29, 0.717) is 11.2 Å². The summed E-state index contributed by atoms with van der Waals surface area (Å²) in [6.45, 7) is 20.2. The van der Waals surface area contributed by atoms with Crippen molar-refractivity contribution >= 4 is 23.8 Å². The van der Waals surface area contributed by atoms with Crippen LogP contribution in [0, 0.1) is 34.5 Å². The van der Waals surface area contributed by atoms with E-state index < -0.39 is 11.6 Å². The second-order valence-corrected chi connectivity index (χ2v) is 17.0. The summed E-state index contributed by atoms with van der Waals surface area (Å²) in [5.74, 6) is 0.435. The van der Waals surface area contributed by atoms with E-state index in [1.54, 1.807) is 6.92 Å². The maximum absolute atomic E-state index is 12.8. The van der Waals surface area contributed by atoms with E-state index in [0.717, 1.165) is 68.1 Å². The molecule has 0 radical (unpaired) electrons. The Labute approximate surface area is 262 Å². The highest BCUT2D eigenvalue weighted by molar-refractivity contribution is 8.00. The molecule has 43 heavy (non-hydrogen) atoms. The van der Waals surface area contributed by atoms with E-state index in [2.05, 4.69) is 54.5 Å². The van der Waals surface area contributed by atoms with Crippen LogP contribution in [0.3, 0.4) is 0 Å². The van der Waals surface area contributed by atoms with Crippen LogP contribution in [-0.2, 0) is 14.9 Å². The number of benzene rings is 1. The van der Waals surface area contributed by atoms with E-state index in [-0.39, 0.29) is 50.9 Å². The number of carbonyl (C=O) groups is 2. The minimum absolute atomic E-state index is 0.0155. The van der Waals surface area contributed by atoms with E-state index in [1.807, 2.05) is 24.8 Å². The first kappa shape index (κ1) is 32.2. The quantitative estimate of drug-likeness (QED) is 0.189. The zero-order chi connectivity index (χ0) is 31.8. The molecule has 6 nitrogen and oxygen atoms in total. The number of carbonyl (C=O) groups excluding carboxylic acids is 2. The van der Waals surface area contributed by atoms with Crippen molar-refractivity contribution in [2.45, 2.75) is 130 Å². The second kappa shape index (κ2) is 10.7. The Morgan fingerprint density at radius 3 is 2.35 bits per heavy atom. The van der Waals surface area contributed by atoms with Gasteiger partial charge in [0.05, 0.1) is 6.61 Å². The van der Waals surface area contributed by atoms with Crippen LogP contribution in [0.1, 0.15) is 129 Å². The number of primary amides is 1. The number of amides is 1. The maximum Gasteiger partial charge on any atom is 0.513 e. The number of hydrogen-bond donors (Lipinski definition) is 2. The Morgan fingerprint density at radius 2 is 1.74 bits per heavy atom. The summed E-state index contributed by atoms with van der Waals surface area (Å²) in [5.41, 5.74) is 10.1. The molecule has 1 amide bonds. The van der Waals surface area contributed by atoms with Crippen LogP contribution in [-0.4, -0.2) is 29.0 Å². The van der Waals surface area contributed by atoms with Crippen LogP contribution < -0.4 is 10.5 Å². The van der Waals surface area contributed by atoms with Crippen LogP contribution in [0.4, 0.5) is 4.79 Å². The fourth-order valence-electron chi connectivity index (χ4n) is 10.2. The lowest BCUT2D eigenvalue weighted by Gasteiger charge is -2.71. The first-order valence-corrected chi connectivity index (χ1v) is 17.4. The van der Waals surface area contributed by atoms with Gasteiger partial charge < -0.3 is 20.3 Å². The molecule has 7 heteroatoms. The van der Waals surface area contributed by atoms with Crippen molar-refractivity contribution in [2.24, 2.45) is 33.3 Å². The number of rotatable bonds is 6. The molecule has 3 saturated carbocycles. The monoisotopic (exact) mass is 611 g/mol. The molecule has 0 saturated heterocycles. The summed E-state index contributed by atoms with van der Waals surface area (Å²) in [4.78, 5) is 25.1. The van der Waals surface area contributed by atoms with Gasteiger partial charge in [0.1, 0.15) is 0 Å². The Kier molecular flexibility index (Phi) is 8.05. The number of hydrogen-bond acceptors (Lipinski definition) is 6. The molecule has 3 N–H and O–H groups in total. The SMILES string of the molecule is CCOC(=O)Oc1c(O)cc2c(c1C)C(SC(C)C)C=C1[C@@]2(C)CC[C@@]2(CC)[C@@H]3C[C@](C)(C(N)=O)CC[C@]3(C)CC[C@]12C. The maximum atomic E-state index is 12.8. The molecule has 1 unspecified atom stereocenters. The molecule has 5 rings (SSSR count). The van der Waals surface area contributed by atoms with Crippen LogP contribution >= 0.6 is 11.8 Å². The highest BCUT2D eigenvalue weighted by Gasteiger charge is 2.68. The predicted octanol–water partition coefficient (Wildman–Crippen LogP) is 8.90. The molecular formula is C36H53NO5S. The Bertz CT molecular complexity index is 1360. The Balaban J connectivity index is 1.69. The number of allylic oxidation sites excluding steroid dienone is 1. The normalized spacial score (nSPS) is 38.2. The fourth-order valence-corrected chi connectivity index (χ4v) is 11.5. The molecular weight excluding hydrogens is 558 g/mol. The molecule has 7 atom stereocenters. The molecule has 3 fully saturated rings. The van der Waals surface area contributed by atoms with Crippen molar-refractivity contribution in [3.05, 3.63) is 34.4 Å². The van der Waals surface area contributed by atoms with Crippen molar-refractivity contribution in [1.82, 2.24) is 0 Å². The lowest BCUT2D eigenvalue weighted by atomic mass is 9.33. The number of fused-ring (bicyclic) bond motifs is 7. The predicted molar refractivity (Wildman–Crippen MR) is 173 cm³/mol. The van der Waals surface area contributed by atoms with Gasteiger partial charge in [0, 0.05) is 21.6 Å². The van der Waals surface area contributed by atoms with Crippen molar-refractivity contribution in [2.75, 3.05) is 6.61 Å². The van der Waals surface area contributed by atoms with Crippen LogP contribution in [0.2, 0.25) is 0 Å². The van der Waals surface area contributed by atoms with Gasteiger partial charge in [-0.25, -0.2) is 4.79 Å². The van der Waals surface area contributed by atoms with E-state index >= 15 is 0 Å². The smallest absolute Gasteiger partial charge is 0.504 e. The fraction of sp³-hybridized carbons (Fsp3) is 0.722. The molecule has 1 aromatic carbocycles. The average Bonchev–Trinajstić information content (AvgIpc) is 2.93. The number of thioether (sulfide) groups is 1. The van der Waals surface area contributed by atoms with Gasteiger partial charge in [-0.2, -0.15) is 0 Å². The van der Waals surface area contributed by atoms with Gasteiger partial charge in [0.15, 0.2) is 11.5 Å². The van der Waals surface area contributed by atoms with Gasteiger partial charge in [-0.15, -0.1) is 11.8 Å². The van der Waals surface area contributed by atoms with Gasteiger partial charge in [-0.1, -0.05) is 60.1 Å². The largest absolute Gasteiger partial charge is 0.513 e. The third-order valence-corrected chi connectivity index (χ3v) is 14.0. The third kappa shape index (κ3) is 4.65. The summed E-state index contributed by atoms with van der Waals surface area (Å²) in [5, 5.41) is 11.8. The number of phenols is 1. The zero-order valence-electron chi connectivity index (χ0n) is 27.8. The molecule has 0 heterocycles. The van der Waals surface area contributed by atoms with Crippen LogP contribution in [0.25, 0.3) is 0 Å². The van der Waals surface area contributed by atoms with Crippen LogP contribution in [0.5, 0.6) is 11.5 Å². The molecule has 0 aliphatic heterocycles. The standard InChI is InChI=1S/C36H53NO5S/c1-10-36-17-15-34(8)23-18-24(38)29(42-31(40)41-11-2)22(5)28(23)25(43-21(3)4)19-26(34)35(36,9)16-14-32(6)12-13-33(7,30(37)39)20-27(32)36/h18-19,21,25,27,38H,10-17,20H2,1-9H3,(H2,37,39)/t25?,27-,32-,33-,34+,35-,36+/m1/s1. The third-order valence-electron chi connectivity index (χ3n) is 12.8. The van der Waals surface area contributed by atoms with Crippen LogP contribution in [0.15, 0.2) is 17.7 Å². The topological polar surface area (TPSA) is 98.8 Å². The van der Waals surface area contributed by atoms with Gasteiger partial charge in [0.25, 0.3) is 0 Å². The average molecular weight is 612 g/mol. The highest BCUT2D eigenvalue weighted by Crippen LogP contribution is 2.76. The summed E-state index contributed by atoms with van der Waals surface area (Å²) < 4.78 is 10.6. The highest BCUT2D eigenvalue weighted by atomic mass is 32.2. The molecule has 4 aliphatic rings. The summed E-state index contributed by atoms with van der Waals surface area (Å²) in [6.07, 6.45) is 9.89. The first-order valence-electron chi connectivity index (χ1n) is 16.4. The molecule has 238 valence electrons. The van der Waals surface area contributed by atoms with E-state index in [9.17, 15) is 14.7 Å². The lowest BCUT2D eigenvalue weighted by Crippen LogP contribution is -2.64. The zero-order valence-corrected chi connectivity index (χ0v) is 28.6. The van der Waals surface area contributed by atoms with E-state index in [4.69, 9.17) is 15.2 Å². The van der Waals surface area contributed by atoms with Gasteiger partial charge in [0.2, 0.25) is 5.91 Å². The minimum atomic E-state index is -0.800. The lowest BCUT2D eigenvalue weighted by molar-refractivity contribution is -0.174. The molecule has 1 aromatic rings. The number of nitrogens with two attached hydrogens (primary N) is 1. The van der Waals surface area contributed by atoms with Gasteiger partial charge >= 0.3 is 6.16 Å². The summed E-state index contributed by atoms with van der Waals surface area (Å²) in [6, 6.07) is 1.87. The molecule has 4 aliphatic carbocycles. The number of aromatic hydroxyl groups is 1. The van der Waals surface area contributed by atoms with Gasteiger partial charge in [-0.05, 0) is 110 Å². The minimum Gasteiger partial charge on any atom is -0.504 e. The Hall–Kier alpha value is -2.15. The van der Waals surface area contributed by atoms with Crippen molar-refractivity contribution < 1.29 is 24.2 Å². The molecule has 0 bridgehead atoms. The Morgan fingerprint density at radius 1 is 1.07 bits per heavy atom. The number of ether oxygens (including phenoxy) is 2.